The number of rotatable bonds is 6. The molecule has 0 radical (unpaired) electrons. The number of hydrogen-bond donors (Lipinski definition) is 2. The van der Waals surface area contributed by atoms with E-state index in [1.807, 2.05) is 13.2 Å². The Morgan fingerprint density at radius 2 is 2.25 bits per heavy atom. The van der Waals surface area contributed by atoms with Crippen molar-refractivity contribution < 1.29 is 13.2 Å². The number of nitrogens with zero attached hydrogens (tertiary/aromatic N) is 5. The maximum Gasteiger partial charge on any atom is 0.242 e. The van der Waals surface area contributed by atoms with E-state index in [0.29, 0.717) is 32.2 Å². The van der Waals surface area contributed by atoms with Crippen LogP contribution in [0.4, 0.5) is 0 Å². The van der Waals surface area contributed by atoms with Gasteiger partial charge in [-0.3, -0.25) is 14.7 Å². The summed E-state index contributed by atoms with van der Waals surface area (Å²) in [6, 6.07) is 3.10. The second-order valence-electron chi connectivity index (χ2n) is 6.31. The SMILES string of the molecule is CN=C(NCCNS(=O)(=O)c1cccnc1)N1CCOC(c2cnn(C)c2)C1. The van der Waals surface area contributed by atoms with Crippen molar-refractivity contribution in [3.63, 3.8) is 0 Å². The van der Waals surface area contributed by atoms with Crippen molar-refractivity contribution in [3.8, 4) is 0 Å². The Morgan fingerprint density at radius 3 is 2.93 bits per heavy atom. The smallest absolute Gasteiger partial charge is 0.242 e. The zero-order valence-electron chi connectivity index (χ0n) is 15.9. The van der Waals surface area contributed by atoms with Crippen molar-refractivity contribution in [2.75, 3.05) is 39.8 Å². The Balaban J connectivity index is 1.50. The first-order valence-electron chi connectivity index (χ1n) is 8.95. The molecule has 11 heteroatoms. The molecule has 0 amide bonds. The molecule has 3 rings (SSSR count). The van der Waals surface area contributed by atoms with Crippen LogP contribution in [0.2, 0.25) is 0 Å². The highest BCUT2D eigenvalue weighted by atomic mass is 32.2. The minimum atomic E-state index is -3.57. The van der Waals surface area contributed by atoms with Gasteiger partial charge in [-0.2, -0.15) is 5.10 Å². The molecular formula is C17H25N7O3S. The van der Waals surface area contributed by atoms with Crippen LogP contribution >= 0.6 is 0 Å². The zero-order valence-corrected chi connectivity index (χ0v) is 16.8. The van der Waals surface area contributed by atoms with Gasteiger partial charge in [-0.15, -0.1) is 0 Å². The van der Waals surface area contributed by atoms with E-state index in [9.17, 15) is 8.42 Å². The van der Waals surface area contributed by atoms with E-state index >= 15 is 0 Å². The van der Waals surface area contributed by atoms with Crippen LogP contribution in [0.3, 0.4) is 0 Å². The molecule has 1 atom stereocenters. The predicted molar refractivity (Wildman–Crippen MR) is 104 cm³/mol. The average Bonchev–Trinajstić information content (AvgIpc) is 3.15. The lowest BCUT2D eigenvalue weighted by atomic mass is 10.1. The van der Waals surface area contributed by atoms with E-state index in [1.54, 1.807) is 24.0 Å². The zero-order chi connectivity index (χ0) is 20.0. The average molecular weight is 408 g/mol. The number of pyridine rings is 1. The first-order valence-corrected chi connectivity index (χ1v) is 10.4. The summed E-state index contributed by atoms with van der Waals surface area (Å²) in [5.74, 6) is 0.706. The van der Waals surface area contributed by atoms with Gasteiger partial charge in [0.15, 0.2) is 5.96 Å². The van der Waals surface area contributed by atoms with Gasteiger partial charge < -0.3 is 15.0 Å². The minimum Gasteiger partial charge on any atom is -0.370 e. The number of morpholine rings is 1. The van der Waals surface area contributed by atoms with Gasteiger partial charge in [0.25, 0.3) is 0 Å². The number of guanidine groups is 1. The van der Waals surface area contributed by atoms with Gasteiger partial charge in [0.1, 0.15) is 11.0 Å². The summed E-state index contributed by atoms with van der Waals surface area (Å²) in [5.41, 5.74) is 1.02. The molecule has 0 aliphatic carbocycles. The molecule has 1 fully saturated rings. The third kappa shape index (κ3) is 5.06. The molecular weight excluding hydrogens is 382 g/mol. The molecule has 152 valence electrons. The van der Waals surface area contributed by atoms with Gasteiger partial charge in [-0.05, 0) is 12.1 Å². The topological polar surface area (TPSA) is 114 Å². The highest BCUT2D eigenvalue weighted by molar-refractivity contribution is 7.89. The van der Waals surface area contributed by atoms with Gasteiger partial charge in [-0.1, -0.05) is 0 Å². The highest BCUT2D eigenvalue weighted by Crippen LogP contribution is 2.21. The fourth-order valence-electron chi connectivity index (χ4n) is 2.93. The molecule has 1 aliphatic rings. The lowest BCUT2D eigenvalue weighted by Gasteiger charge is -2.34. The summed E-state index contributed by atoms with van der Waals surface area (Å²) in [6.07, 6.45) is 6.52. The summed E-state index contributed by atoms with van der Waals surface area (Å²) in [5, 5.41) is 7.39. The molecule has 0 spiro atoms. The molecule has 1 aliphatic heterocycles. The van der Waals surface area contributed by atoms with Gasteiger partial charge in [0.05, 0.1) is 19.3 Å². The normalized spacial score (nSPS) is 18.3. The predicted octanol–water partition coefficient (Wildman–Crippen LogP) is -0.258. The molecule has 0 aromatic carbocycles. The number of ether oxygens (including phenoxy) is 1. The Bertz CT molecular complexity index is 898. The van der Waals surface area contributed by atoms with E-state index in [-0.39, 0.29) is 17.5 Å². The maximum atomic E-state index is 12.2. The number of aliphatic imine (C=N–C) groups is 1. The molecule has 0 bridgehead atoms. The van der Waals surface area contributed by atoms with E-state index in [4.69, 9.17) is 4.74 Å². The third-order valence-corrected chi connectivity index (χ3v) is 5.77. The summed E-state index contributed by atoms with van der Waals surface area (Å²) >= 11 is 0. The Kier molecular flexibility index (Phi) is 6.60. The molecule has 28 heavy (non-hydrogen) atoms. The van der Waals surface area contributed by atoms with Crippen molar-refractivity contribution in [3.05, 3.63) is 42.5 Å². The standard InChI is InChI=1S/C17H25N7O3S/c1-18-17(20-6-7-22-28(25,26)15-4-3-5-19-11-15)24-8-9-27-16(13-24)14-10-21-23(2)12-14/h3-5,10-12,16,22H,6-9,13H2,1-2H3,(H,18,20). The summed E-state index contributed by atoms with van der Waals surface area (Å²) < 4.78 is 34.6. The second kappa shape index (κ2) is 9.13. The summed E-state index contributed by atoms with van der Waals surface area (Å²) in [4.78, 5) is 10.4. The van der Waals surface area contributed by atoms with Crippen molar-refractivity contribution in [2.45, 2.75) is 11.0 Å². The number of aromatic nitrogens is 3. The van der Waals surface area contributed by atoms with E-state index in [0.717, 1.165) is 5.56 Å². The summed E-state index contributed by atoms with van der Waals surface area (Å²) in [7, 11) is 0.00967. The van der Waals surface area contributed by atoms with Crippen LogP contribution in [0, 0.1) is 0 Å². The quantitative estimate of drug-likeness (QED) is 0.385. The van der Waals surface area contributed by atoms with Gasteiger partial charge in [0.2, 0.25) is 10.0 Å². The fraction of sp³-hybridized carbons (Fsp3) is 0.471. The molecule has 2 aromatic rings. The van der Waals surface area contributed by atoms with Crippen LogP contribution < -0.4 is 10.0 Å². The van der Waals surface area contributed by atoms with E-state index in [1.165, 1.54) is 18.5 Å². The Morgan fingerprint density at radius 1 is 1.39 bits per heavy atom. The van der Waals surface area contributed by atoms with Crippen molar-refractivity contribution in [2.24, 2.45) is 12.0 Å². The first-order chi connectivity index (χ1) is 13.5. The molecule has 10 nitrogen and oxygen atoms in total. The van der Waals surface area contributed by atoms with Gasteiger partial charge >= 0.3 is 0 Å². The Labute approximate surface area is 164 Å². The molecule has 1 unspecified atom stereocenters. The van der Waals surface area contributed by atoms with E-state index < -0.39 is 10.0 Å². The minimum absolute atomic E-state index is 0.0786. The lowest BCUT2D eigenvalue weighted by molar-refractivity contribution is -0.00800. The van der Waals surface area contributed by atoms with Gasteiger partial charge in [-0.25, -0.2) is 13.1 Å². The molecule has 2 aromatic heterocycles. The van der Waals surface area contributed by atoms with Crippen molar-refractivity contribution in [1.29, 1.82) is 0 Å². The van der Waals surface area contributed by atoms with Gasteiger partial charge in [0, 0.05) is 57.9 Å². The summed E-state index contributed by atoms with van der Waals surface area (Å²) in [6.45, 7) is 2.56. The van der Waals surface area contributed by atoms with Crippen LogP contribution in [-0.4, -0.2) is 73.9 Å². The number of aryl methyl sites for hydroxylation is 1. The number of nitrogens with one attached hydrogen (secondary N) is 2. The number of hydrogen-bond acceptors (Lipinski definition) is 6. The monoisotopic (exact) mass is 407 g/mol. The molecule has 0 saturated carbocycles. The maximum absolute atomic E-state index is 12.2. The third-order valence-electron chi connectivity index (χ3n) is 4.32. The van der Waals surface area contributed by atoms with E-state index in [2.05, 4.69) is 30.0 Å². The van der Waals surface area contributed by atoms with Crippen LogP contribution in [-0.2, 0) is 21.8 Å². The largest absolute Gasteiger partial charge is 0.370 e. The Hall–Kier alpha value is -2.50. The number of sulfonamides is 1. The van der Waals surface area contributed by atoms with Crippen LogP contribution in [0.5, 0.6) is 0 Å². The van der Waals surface area contributed by atoms with Crippen LogP contribution in [0.15, 0.2) is 46.8 Å². The second-order valence-corrected chi connectivity index (χ2v) is 8.08. The van der Waals surface area contributed by atoms with Crippen LogP contribution in [0.1, 0.15) is 11.7 Å². The highest BCUT2D eigenvalue weighted by Gasteiger charge is 2.25. The molecule has 3 heterocycles. The molecule has 1 saturated heterocycles. The van der Waals surface area contributed by atoms with Crippen molar-refractivity contribution in [1.82, 2.24) is 29.7 Å². The van der Waals surface area contributed by atoms with Crippen LogP contribution in [0.25, 0.3) is 0 Å². The first kappa shape index (κ1) is 20.2. The molecule has 2 N–H and O–H groups in total. The lowest BCUT2D eigenvalue weighted by Crippen LogP contribution is -2.49. The fourth-order valence-corrected chi connectivity index (χ4v) is 3.93. The van der Waals surface area contributed by atoms with Crippen molar-refractivity contribution >= 4 is 16.0 Å².